The number of hydrogen-bond acceptors (Lipinski definition) is 6. The second-order valence-corrected chi connectivity index (χ2v) is 9.51. The average Bonchev–Trinajstić information content (AvgIpc) is 3.33. The quantitative estimate of drug-likeness (QED) is 0.388. The summed E-state index contributed by atoms with van der Waals surface area (Å²) in [6.45, 7) is 1.82. The van der Waals surface area contributed by atoms with E-state index in [-0.39, 0.29) is 18.0 Å². The monoisotopic (exact) mass is 466 g/mol. The van der Waals surface area contributed by atoms with Crippen LogP contribution in [0.1, 0.15) is 5.01 Å². The molecule has 31 heavy (non-hydrogen) atoms. The zero-order chi connectivity index (χ0) is 21.5. The number of anilines is 1. The van der Waals surface area contributed by atoms with Gasteiger partial charge in [-0.1, -0.05) is 23.7 Å². The van der Waals surface area contributed by atoms with E-state index in [1.54, 1.807) is 29.5 Å². The van der Waals surface area contributed by atoms with Crippen LogP contribution in [-0.2, 0) is 11.3 Å². The Morgan fingerprint density at radius 1 is 1.19 bits per heavy atom. The SMILES string of the molecule is Cc1nc2ccc(NC(=O)Cn3cnc4scc(-c5ccc(Cl)cc5)c4c3=O)cc2s1. The molecule has 0 spiro atoms. The molecular weight excluding hydrogens is 452 g/mol. The molecule has 2 aromatic carbocycles. The lowest BCUT2D eigenvalue weighted by Crippen LogP contribution is -2.27. The third kappa shape index (κ3) is 3.85. The summed E-state index contributed by atoms with van der Waals surface area (Å²) < 4.78 is 2.33. The maximum absolute atomic E-state index is 13.1. The van der Waals surface area contributed by atoms with Gasteiger partial charge in [0.15, 0.2) is 0 Å². The van der Waals surface area contributed by atoms with Gasteiger partial charge in [-0.2, -0.15) is 0 Å². The maximum Gasteiger partial charge on any atom is 0.263 e. The van der Waals surface area contributed by atoms with Gasteiger partial charge in [-0.05, 0) is 42.8 Å². The first kappa shape index (κ1) is 19.9. The summed E-state index contributed by atoms with van der Waals surface area (Å²) >= 11 is 8.95. The van der Waals surface area contributed by atoms with Crippen LogP contribution in [-0.4, -0.2) is 20.4 Å². The van der Waals surface area contributed by atoms with Crippen molar-refractivity contribution in [2.45, 2.75) is 13.5 Å². The number of amides is 1. The lowest BCUT2D eigenvalue weighted by Gasteiger charge is -2.08. The molecule has 0 bridgehead atoms. The molecule has 5 aromatic rings. The van der Waals surface area contributed by atoms with Crippen LogP contribution in [0.25, 0.3) is 31.6 Å². The third-order valence-corrected chi connectivity index (χ3v) is 6.88. The fraction of sp³-hybridized carbons (Fsp3) is 0.0909. The number of carbonyl (C=O) groups is 1. The Balaban J connectivity index is 1.43. The van der Waals surface area contributed by atoms with Gasteiger partial charge in [0.2, 0.25) is 5.91 Å². The molecule has 0 radical (unpaired) electrons. The molecule has 5 rings (SSSR count). The molecule has 0 aliphatic carbocycles. The number of rotatable bonds is 4. The van der Waals surface area contributed by atoms with Crippen molar-refractivity contribution < 1.29 is 4.79 Å². The highest BCUT2D eigenvalue weighted by molar-refractivity contribution is 7.18. The molecule has 0 aliphatic rings. The second kappa shape index (κ2) is 7.88. The van der Waals surface area contributed by atoms with Crippen molar-refractivity contribution >= 4 is 66.3 Å². The summed E-state index contributed by atoms with van der Waals surface area (Å²) in [6.07, 6.45) is 1.42. The van der Waals surface area contributed by atoms with Crippen molar-refractivity contribution in [3.63, 3.8) is 0 Å². The topological polar surface area (TPSA) is 76.9 Å². The molecule has 0 saturated carbocycles. The lowest BCUT2D eigenvalue weighted by atomic mass is 10.1. The highest BCUT2D eigenvalue weighted by Gasteiger charge is 2.15. The number of aromatic nitrogens is 3. The normalized spacial score (nSPS) is 11.3. The smallest absolute Gasteiger partial charge is 0.263 e. The molecular formula is C22H15ClN4O2S2. The summed E-state index contributed by atoms with van der Waals surface area (Å²) in [5.41, 5.74) is 2.99. The Hall–Kier alpha value is -3.07. The average molecular weight is 467 g/mol. The van der Waals surface area contributed by atoms with Crippen molar-refractivity contribution in [2.24, 2.45) is 0 Å². The van der Waals surface area contributed by atoms with Crippen LogP contribution < -0.4 is 10.9 Å². The molecule has 6 nitrogen and oxygen atoms in total. The summed E-state index contributed by atoms with van der Waals surface area (Å²) in [7, 11) is 0. The van der Waals surface area contributed by atoms with E-state index in [9.17, 15) is 9.59 Å². The van der Waals surface area contributed by atoms with Crippen LogP contribution in [0, 0.1) is 6.92 Å². The van der Waals surface area contributed by atoms with Gasteiger partial charge in [0.25, 0.3) is 5.56 Å². The predicted octanol–water partition coefficient (Wildman–Crippen LogP) is 5.34. The lowest BCUT2D eigenvalue weighted by molar-refractivity contribution is -0.116. The van der Waals surface area contributed by atoms with Crippen LogP contribution in [0.15, 0.2) is 59.0 Å². The van der Waals surface area contributed by atoms with Gasteiger partial charge in [-0.25, -0.2) is 9.97 Å². The van der Waals surface area contributed by atoms with E-state index in [0.29, 0.717) is 20.9 Å². The number of thiophene rings is 1. The summed E-state index contributed by atoms with van der Waals surface area (Å²) in [5, 5.41) is 6.86. The minimum absolute atomic E-state index is 0.128. The Bertz CT molecular complexity index is 1500. The van der Waals surface area contributed by atoms with Crippen LogP contribution in [0.5, 0.6) is 0 Å². The first-order valence-corrected chi connectivity index (χ1v) is 11.4. The van der Waals surface area contributed by atoms with E-state index >= 15 is 0 Å². The highest BCUT2D eigenvalue weighted by atomic mass is 35.5. The predicted molar refractivity (Wildman–Crippen MR) is 127 cm³/mol. The third-order valence-electron chi connectivity index (χ3n) is 4.81. The van der Waals surface area contributed by atoms with E-state index in [1.807, 2.05) is 36.6 Å². The molecule has 3 aromatic heterocycles. The van der Waals surface area contributed by atoms with Gasteiger partial charge in [0, 0.05) is 21.7 Å². The minimum Gasteiger partial charge on any atom is -0.324 e. The minimum atomic E-state index is -0.299. The number of nitrogens with one attached hydrogen (secondary N) is 1. The molecule has 0 unspecified atom stereocenters. The standard InChI is InChI=1S/C22H15ClN4O2S2/c1-12-25-17-7-6-15(8-18(17)31-12)26-19(28)9-27-11-24-21-20(22(27)29)16(10-30-21)13-2-4-14(23)5-3-13/h2-8,10-11H,9H2,1H3,(H,26,28). The number of benzene rings is 2. The van der Waals surface area contributed by atoms with Crippen molar-refractivity contribution in [2.75, 3.05) is 5.32 Å². The second-order valence-electron chi connectivity index (χ2n) is 6.98. The van der Waals surface area contributed by atoms with E-state index in [0.717, 1.165) is 26.4 Å². The first-order chi connectivity index (χ1) is 15.0. The largest absolute Gasteiger partial charge is 0.324 e. The Morgan fingerprint density at radius 3 is 2.81 bits per heavy atom. The van der Waals surface area contributed by atoms with Crippen molar-refractivity contribution in [1.82, 2.24) is 14.5 Å². The van der Waals surface area contributed by atoms with E-state index in [4.69, 9.17) is 11.6 Å². The van der Waals surface area contributed by atoms with Crippen LogP contribution in [0.2, 0.25) is 5.02 Å². The summed E-state index contributed by atoms with van der Waals surface area (Å²) in [4.78, 5) is 35.2. The molecule has 0 fully saturated rings. The fourth-order valence-corrected chi connectivity index (χ4v) is 5.29. The fourth-order valence-electron chi connectivity index (χ4n) is 3.39. The number of carbonyl (C=O) groups excluding carboxylic acids is 1. The molecule has 0 aliphatic heterocycles. The van der Waals surface area contributed by atoms with Gasteiger partial charge in [0.05, 0.1) is 26.9 Å². The molecule has 0 saturated heterocycles. The summed E-state index contributed by atoms with van der Waals surface area (Å²) in [5.74, 6) is -0.299. The van der Waals surface area contributed by atoms with Crippen LogP contribution in [0.3, 0.4) is 0 Å². The Morgan fingerprint density at radius 2 is 2.00 bits per heavy atom. The van der Waals surface area contributed by atoms with Crippen LogP contribution in [0.4, 0.5) is 5.69 Å². The van der Waals surface area contributed by atoms with E-state index in [2.05, 4.69) is 15.3 Å². The zero-order valence-corrected chi connectivity index (χ0v) is 18.6. The van der Waals surface area contributed by atoms with E-state index < -0.39 is 0 Å². The Kier molecular flexibility index (Phi) is 5.05. The summed E-state index contributed by atoms with van der Waals surface area (Å²) in [6, 6.07) is 12.9. The number of aryl methyl sites for hydroxylation is 1. The molecule has 1 amide bonds. The highest BCUT2D eigenvalue weighted by Crippen LogP contribution is 2.31. The molecule has 0 atom stereocenters. The van der Waals surface area contributed by atoms with Crippen molar-refractivity contribution in [3.8, 4) is 11.1 Å². The number of hydrogen-bond donors (Lipinski definition) is 1. The molecule has 9 heteroatoms. The van der Waals surface area contributed by atoms with E-state index in [1.165, 1.54) is 22.2 Å². The Labute approximate surface area is 189 Å². The van der Waals surface area contributed by atoms with Crippen molar-refractivity contribution in [3.05, 3.63) is 74.6 Å². The van der Waals surface area contributed by atoms with Gasteiger partial charge < -0.3 is 5.32 Å². The number of nitrogens with zero attached hydrogens (tertiary/aromatic N) is 3. The number of fused-ring (bicyclic) bond motifs is 2. The number of halogens is 1. The van der Waals surface area contributed by atoms with Gasteiger partial charge in [-0.3, -0.25) is 14.2 Å². The van der Waals surface area contributed by atoms with Crippen LogP contribution >= 0.6 is 34.3 Å². The molecule has 1 N–H and O–H groups in total. The molecule has 154 valence electrons. The van der Waals surface area contributed by atoms with Gasteiger partial charge in [-0.15, -0.1) is 22.7 Å². The first-order valence-electron chi connectivity index (χ1n) is 9.37. The zero-order valence-electron chi connectivity index (χ0n) is 16.3. The van der Waals surface area contributed by atoms with Gasteiger partial charge >= 0.3 is 0 Å². The van der Waals surface area contributed by atoms with Gasteiger partial charge in [0.1, 0.15) is 11.4 Å². The molecule has 3 heterocycles. The number of thiazole rings is 1. The van der Waals surface area contributed by atoms with Crippen molar-refractivity contribution in [1.29, 1.82) is 0 Å². The maximum atomic E-state index is 13.1.